The highest BCUT2D eigenvalue weighted by Crippen LogP contribution is 2.27. The van der Waals surface area contributed by atoms with Crippen molar-refractivity contribution in [3.8, 4) is 11.3 Å². The van der Waals surface area contributed by atoms with Crippen LogP contribution in [-0.4, -0.2) is 16.0 Å². The minimum Gasteiger partial charge on any atom is -0.367 e. The summed E-state index contributed by atoms with van der Waals surface area (Å²) < 4.78 is 13.1. The average Bonchev–Trinajstić information content (AvgIpc) is 3.42. The van der Waals surface area contributed by atoms with Gasteiger partial charge in [-0.25, -0.2) is 9.37 Å². The van der Waals surface area contributed by atoms with E-state index in [1.54, 1.807) is 12.1 Å². The highest BCUT2D eigenvalue weighted by atomic mass is 19.1. The van der Waals surface area contributed by atoms with E-state index < -0.39 is 0 Å². The van der Waals surface area contributed by atoms with E-state index >= 15 is 0 Å². The van der Waals surface area contributed by atoms with Crippen LogP contribution < -0.4 is 10.6 Å². The molecule has 0 unspecified atom stereocenters. The molecule has 1 aliphatic carbocycles. The molecule has 120 valence electrons. The zero-order valence-electron chi connectivity index (χ0n) is 13.0. The van der Waals surface area contributed by atoms with Gasteiger partial charge in [-0.2, -0.15) is 4.98 Å². The first kappa shape index (κ1) is 14.6. The van der Waals surface area contributed by atoms with Crippen molar-refractivity contribution in [2.45, 2.75) is 18.9 Å². The van der Waals surface area contributed by atoms with Gasteiger partial charge in [-0.05, 0) is 37.1 Å². The fourth-order valence-corrected chi connectivity index (χ4v) is 2.43. The lowest BCUT2D eigenvalue weighted by atomic mass is 10.1. The minimum atomic E-state index is -0.268. The van der Waals surface area contributed by atoms with Crippen molar-refractivity contribution in [2.24, 2.45) is 0 Å². The van der Waals surface area contributed by atoms with Crippen LogP contribution in [-0.2, 0) is 0 Å². The van der Waals surface area contributed by atoms with E-state index in [2.05, 4.69) is 20.6 Å². The van der Waals surface area contributed by atoms with E-state index in [0.717, 1.165) is 22.8 Å². The molecule has 0 radical (unpaired) electrons. The minimum absolute atomic E-state index is 0.268. The Hall–Kier alpha value is -2.95. The molecule has 2 aromatic carbocycles. The molecule has 0 bridgehead atoms. The SMILES string of the molecule is Fc1ccc(Nc2nc(NC3CC3)cc(-c3ccccc3)n2)cc1. The van der Waals surface area contributed by atoms with Crippen molar-refractivity contribution in [3.63, 3.8) is 0 Å². The summed E-state index contributed by atoms with van der Waals surface area (Å²) in [4.78, 5) is 9.12. The van der Waals surface area contributed by atoms with E-state index in [1.165, 1.54) is 25.0 Å². The van der Waals surface area contributed by atoms with Crippen molar-refractivity contribution in [2.75, 3.05) is 10.6 Å². The van der Waals surface area contributed by atoms with E-state index in [9.17, 15) is 4.39 Å². The largest absolute Gasteiger partial charge is 0.367 e. The van der Waals surface area contributed by atoms with Crippen LogP contribution in [0.3, 0.4) is 0 Å². The number of nitrogens with one attached hydrogen (secondary N) is 2. The molecule has 1 aromatic heterocycles. The average molecular weight is 320 g/mol. The van der Waals surface area contributed by atoms with Crippen LogP contribution in [0.15, 0.2) is 60.7 Å². The number of nitrogens with zero attached hydrogens (tertiary/aromatic N) is 2. The van der Waals surface area contributed by atoms with Gasteiger partial charge in [0.1, 0.15) is 11.6 Å². The molecule has 0 aliphatic heterocycles. The fraction of sp³-hybridized carbons (Fsp3) is 0.158. The summed E-state index contributed by atoms with van der Waals surface area (Å²) in [5, 5.41) is 6.56. The second kappa shape index (κ2) is 6.28. The van der Waals surface area contributed by atoms with Crippen LogP contribution >= 0.6 is 0 Å². The standard InChI is InChI=1S/C19H17FN4/c20-14-6-8-16(9-7-14)22-19-23-17(13-4-2-1-3-5-13)12-18(24-19)21-15-10-11-15/h1-9,12,15H,10-11H2,(H2,21,22,23,24). The van der Waals surface area contributed by atoms with Gasteiger partial charge in [0, 0.05) is 23.4 Å². The molecule has 0 amide bonds. The maximum absolute atomic E-state index is 13.1. The molecule has 1 fully saturated rings. The Morgan fingerprint density at radius 1 is 0.917 bits per heavy atom. The molecule has 5 heteroatoms. The summed E-state index contributed by atoms with van der Waals surface area (Å²) in [5.41, 5.74) is 2.62. The molecule has 3 aromatic rings. The van der Waals surface area contributed by atoms with Crippen molar-refractivity contribution in [1.82, 2.24) is 9.97 Å². The molecule has 4 rings (SSSR count). The zero-order valence-corrected chi connectivity index (χ0v) is 13.0. The fourth-order valence-electron chi connectivity index (χ4n) is 2.43. The van der Waals surface area contributed by atoms with Gasteiger partial charge in [0.05, 0.1) is 5.69 Å². The number of rotatable bonds is 5. The molecule has 4 nitrogen and oxygen atoms in total. The predicted molar refractivity (Wildman–Crippen MR) is 93.8 cm³/mol. The Morgan fingerprint density at radius 3 is 2.38 bits per heavy atom. The molecule has 24 heavy (non-hydrogen) atoms. The van der Waals surface area contributed by atoms with Crippen LogP contribution in [0, 0.1) is 5.82 Å². The first-order valence-corrected chi connectivity index (χ1v) is 8.00. The monoisotopic (exact) mass is 320 g/mol. The second-order valence-corrected chi connectivity index (χ2v) is 5.88. The third-order valence-electron chi connectivity index (χ3n) is 3.83. The maximum atomic E-state index is 13.1. The first-order chi connectivity index (χ1) is 11.8. The molecule has 1 aliphatic rings. The predicted octanol–water partition coefficient (Wildman–Crippen LogP) is 4.60. The molecular weight excluding hydrogens is 303 g/mol. The molecule has 1 saturated carbocycles. The maximum Gasteiger partial charge on any atom is 0.229 e. The van der Waals surface area contributed by atoms with Crippen LogP contribution in [0.4, 0.5) is 21.8 Å². The third-order valence-corrected chi connectivity index (χ3v) is 3.83. The van der Waals surface area contributed by atoms with E-state index in [1.807, 2.05) is 36.4 Å². The van der Waals surface area contributed by atoms with Gasteiger partial charge >= 0.3 is 0 Å². The number of hydrogen-bond donors (Lipinski definition) is 2. The van der Waals surface area contributed by atoms with Crippen LogP contribution in [0.2, 0.25) is 0 Å². The normalized spacial score (nSPS) is 13.5. The molecule has 0 spiro atoms. The second-order valence-electron chi connectivity index (χ2n) is 5.88. The number of aromatic nitrogens is 2. The van der Waals surface area contributed by atoms with Crippen molar-refractivity contribution >= 4 is 17.5 Å². The highest BCUT2D eigenvalue weighted by Gasteiger charge is 2.22. The van der Waals surface area contributed by atoms with Gasteiger partial charge in [-0.1, -0.05) is 30.3 Å². The highest BCUT2D eigenvalue weighted by molar-refractivity contribution is 5.66. The van der Waals surface area contributed by atoms with Gasteiger partial charge in [-0.3, -0.25) is 0 Å². The van der Waals surface area contributed by atoms with E-state index in [0.29, 0.717) is 12.0 Å². The van der Waals surface area contributed by atoms with Gasteiger partial charge < -0.3 is 10.6 Å². The lowest BCUT2D eigenvalue weighted by molar-refractivity contribution is 0.628. The van der Waals surface area contributed by atoms with E-state index in [-0.39, 0.29) is 5.82 Å². The summed E-state index contributed by atoms with van der Waals surface area (Å²) in [6.45, 7) is 0. The zero-order chi connectivity index (χ0) is 16.4. The van der Waals surface area contributed by atoms with Crippen molar-refractivity contribution in [1.29, 1.82) is 0 Å². The summed E-state index contributed by atoms with van der Waals surface area (Å²) >= 11 is 0. The number of anilines is 3. The van der Waals surface area contributed by atoms with Crippen LogP contribution in [0.5, 0.6) is 0 Å². The quantitative estimate of drug-likeness (QED) is 0.721. The van der Waals surface area contributed by atoms with Crippen LogP contribution in [0.1, 0.15) is 12.8 Å². The Kier molecular flexibility index (Phi) is 3.83. The number of benzene rings is 2. The van der Waals surface area contributed by atoms with Crippen molar-refractivity contribution < 1.29 is 4.39 Å². The van der Waals surface area contributed by atoms with E-state index in [4.69, 9.17) is 0 Å². The van der Waals surface area contributed by atoms with Crippen molar-refractivity contribution in [3.05, 3.63) is 66.5 Å². The molecule has 1 heterocycles. The molecule has 2 N–H and O–H groups in total. The molecule has 0 saturated heterocycles. The summed E-state index contributed by atoms with van der Waals surface area (Å²) in [6.07, 6.45) is 2.34. The van der Waals surface area contributed by atoms with Gasteiger partial charge in [-0.15, -0.1) is 0 Å². The number of hydrogen-bond acceptors (Lipinski definition) is 4. The summed E-state index contributed by atoms with van der Waals surface area (Å²) in [7, 11) is 0. The first-order valence-electron chi connectivity index (χ1n) is 8.00. The van der Waals surface area contributed by atoms with Gasteiger partial charge in [0.25, 0.3) is 0 Å². The Balaban J connectivity index is 1.67. The van der Waals surface area contributed by atoms with Gasteiger partial charge in [0.15, 0.2) is 0 Å². The Bertz CT molecular complexity index is 830. The van der Waals surface area contributed by atoms with Crippen LogP contribution in [0.25, 0.3) is 11.3 Å². The Morgan fingerprint density at radius 2 is 1.67 bits per heavy atom. The third kappa shape index (κ3) is 3.51. The smallest absolute Gasteiger partial charge is 0.229 e. The topological polar surface area (TPSA) is 49.8 Å². The molecule has 0 atom stereocenters. The number of halogens is 1. The lowest BCUT2D eigenvalue weighted by Crippen LogP contribution is -2.06. The molecular formula is C19H17FN4. The van der Waals surface area contributed by atoms with Gasteiger partial charge in [0.2, 0.25) is 5.95 Å². The Labute approximate surface area is 139 Å². The summed E-state index contributed by atoms with van der Waals surface area (Å²) in [5.74, 6) is 1.03. The lowest BCUT2D eigenvalue weighted by Gasteiger charge is -2.11. The summed E-state index contributed by atoms with van der Waals surface area (Å²) in [6, 6.07) is 18.6.